The van der Waals surface area contributed by atoms with Crippen LogP contribution in [-0.2, 0) is 14.3 Å². The standard InChI is InChI=1S/C18H32N4O3/c1-15-11-22(12-16(2)25-15)18(24)14-20-9-7-19(8-10-20)13-17(23)21-5-3-4-6-21/h15-16H,3-14H2,1-2H3. The summed E-state index contributed by atoms with van der Waals surface area (Å²) >= 11 is 0. The van der Waals surface area contributed by atoms with E-state index in [0.717, 1.165) is 52.1 Å². The van der Waals surface area contributed by atoms with Crippen molar-refractivity contribution >= 4 is 11.8 Å². The van der Waals surface area contributed by atoms with E-state index < -0.39 is 0 Å². The molecule has 0 aliphatic carbocycles. The predicted octanol–water partition coefficient (Wildman–Crippen LogP) is -0.138. The van der Waals surface area contributed by atoms with Gasteiger partial charge in [-0.25, -0.2) is 0 Å². The summed E-state index contributed by atoms with van der Waals surface area (Å²) in [7, 11) is 0. The number of carbonyl (C=O) groups excluding carboxylic acids is 2. The second kappa shape index (κ2) is 8.47. The van der Waals surface area contributed by atoms with E-state index >= 15 is 0 Å². The second-order valence-corrected chi connectivity index (χ2v) is 7.70. The van der Waals surface area contributed by atoms with Gasteiger partial charge in [-0.2, -0.15) is 0 Å². The van der Waals surface area contributed by atoms with Gasteiger partial charge in [-0.15, -0.1) is 0 Å². The zero-order chi connectivity index (χ0) is 17.8. The van der Waals surface area contributed by atoms with Crippen molar-refractivity contribution in [3.05, 3.63) is 0 Å². The van der Waals surface area contributed by atoms with Crippen molar-refractivity contribution in [2.75, 3.05) is 65.4 Å². The Morgan fingerprint density at radius 3 is 1.68 bits per heavy atom. The zero-order valence-electron chi connectivity index (χ0n) is 15.7. The molecule has 142 valence electrons. The highest BCUT2D eigenvalue weighted by Gasteiger charge is 2.28. The van der Waals surface area contributed by atoms with Gasteiger partial charge in [0.2, 0.25) is 11.8 Å². The van der Waals surface area contributed by atoms with Crippen LogP contribution in [0.1, 0.15) is 26.7 Å². The molecule has 3 heterocycles. The molecule has 2 amide bonds. The van der Waals surface area contributed by atoms with E-state index in [4.69, 9.17) is 4.74 Å². The predicted molar refractivity (Wildman–Crippen MR) is 95.3 cm³/mol. The summed E-state index contributed by atoms with van der Waals surface area (Å²) < 4.78 is 5.70. The van der Waals surface area contributed by atoms with Gasteiger partial charge in [0.1, 0.15) is 0 Å². The Hall–Kier alpha value is -1.18. The molecule has 3 rings (SSSR count). The van der Waals surface area contributed by atoms with Crippen LogP contribution in [0.5, 0.6) is 0 Å². The van der Waals surface area contributed by atoms with Crippen LogP contribution in [0.2, 0.25) is 0 Å². The second-order valence-electron chi connectivity index (χ2n) is 7.70. The third kappa shape index (κ3) is 5.15. The molecule has 2 unspecified atom stereocenters. The summed E-state index contributed by atoms with van der Waals surface area (Å²) in [6.45, 7) is 11.7. The molecule has 25 heavy (non-hydrogen) atoms. The van der Waals surface area contributed by atoms with Crippen LogP contribution in [0.25, 0.3) is 0 Å². The number of piperazine rings is 1. The molecule has 7 nitrogen and oxygen atoms in total. The van der Waals surface area contributed by atoms with Crippen molar-refractivity contribution in [3.63, 3.8) is 0 Å². The summed E-state index contributed by atoms with van der Waals surface area (Å²) in [4.78, 5) is 33.1. The largest absolute Gasteiger partial charge is 0.372 e. The van der Waals surface area contributed by atoms with Crippen molar-refractivity contribution in [3.8, 4) is 0 Å². The minimum atomic E-state index is 0.112. The fourth-order valence-corrected chi connectivity index (χ4v) is 4.04. The lowest BCUT2D eigenvalue weighted by molar-refractivity contribution is -0.145. The SMILES string of the molecule is CC1CN(C(=O)CN2CCN(CC(=O)N3CCCC3)CC2)CC(C)O1. The molecule has 3 aliphatic rings. The number of morpholine rings is 1. The maximum atomic E-state index is 12.5. The van der Waals surface area contributed by atoms with Gasteiger partial charge in [0.05, 0.1) is 25.3 Å². The fraction of sp³-hybridized carbons (Fsp3) is 0.889. The van der Waals surface area contributed by atoms with Crippen molar-refractivity contribution in [2.45, 2.75) is 38.9 Å². The quantitative estimate of drug-likeness (QED) is 0.705. The monoisotopic (exact) mass is 352 g/mol. The molecule has 7 heteroatoms. The Labute approximate surface area is 150 Å². The molecule has 0 aromatic rings. The van der Waals surface area contributed by atoms with Crippen molar-refractivity contribution in [2.24, 2.45) is 0 Å². The van der Waals surface area contributed by atoms with Crippen LogP contribution in [0.3, 0.4) is 0 Å². The molecule has 0 saturated carbocycles. The number of ether oxygens (including phenoxy) is 1. The summed E-state index contributed by atoms with van der Waals surface area (Å²) in [5.74, 6) is 0.460. The third-order valence-corrected chi connectivity index (χ3v) is 5.41. The van der Waals surface area contributed by atoms with E-state index in [1.807, 2.05) is 23.6 Å². The molecule has 3 fully saturated rings. The average Bonchev–Trinajstić information content (AvgIpc) is 3.10. The maximum absolute atomic E-state index is 12.5. The molecule has 0 aromatic carbocycles. The fourth-order valence-electron chi connectivity index (χ4n) is 4.04. The molecule has 0 radical (unpaired) electrons. The lowest BCUT2D eigenvalue weighted by Crippen LogP contribution is -2.54. The molecule has 0 bridgehead atoms. The van der Waals surface area contributed by atoms with Gasteiger partial charge in [0, 0.05) is 52.4 Å². The molecule has 2 atom stereocenters. The zero-order valence-corrected chi connectivity index (χ0v) is 15.7. The maximum Gasteiger partial charge on any atom is 0.236 e. The van der Waals surface area contributed by atoms with Crippen LogP contribution in [0.15, 0.2) is 0 Å². The highest BCUT2D eigenvalue weighted by atomic mass is 16.5. The summed E-state index contributed by atoms with van der Waals surface area (Å²) in [5, 5.41) is 0. The van der Waals surface area contributed by atoms with Gasteiger partial charge in [0.15, 0.2) is 0 Å². The third-order valence-electron chi connectivity index (χ3n) is 5.41. The number of amides is 2. The smallest absolute Gasteiger partial charge is 0.236 e. The van der Waals surface area contributed by atoms with Gasteiger partial charge >= 0.3 is 0 Å². The number of carbonyl (C=O) groups is 2. The summed E-state index contributed by atoms with van der Waals surface area (Å²) in [6, 6.07) is 0. The van der Waals surface area contributed by atoms with Gasteiger partial charge < -0.3 is 14.5 Å². The molecule has 0 spiro atoms. The number of rotatable bonds is 4. The Morgan fingerprint density at radius 2 is 1.20 bits per heavy atom. The first-order valence-electron chi connectivity index (χ1n) is 9.67. The molecule has 0 N–H and O–H groups in total. The lowest BCUT2D eigenvalue weighted by atomic mass is 10.2. The van der Waals surface area contributed by atoms with Crippen LogP contribution >= 0.6 is 0 Å². The highest BCUT2D eigenvalue weighted by molar-refractivity contribution is 5.79. The highest BCUT2D eigenvalue weighted by Crippen LogP contribution is 2.12. The van der Waals surface area contributed by atoms with Crippen LogP contribution in [0, 0.1) is 0 Å². The van der Waals surface area contributed by atoms with E-state index in [0.29, 0.717) is 26.2 Å². The van der Waals surface area contributed by atoms with E-state index in [1.54, 1.807) is 0 Å². The van der Waals surface area contributed by atoms with Gasteiger partial charge in [-0.1, -0.05) is 0 Å². The number of nitrogens with zero attached hydrogens (tertiary/aromatic N) is 4. The molecular weight excluding hydrogens is 320 g/mol. The number of hydrogen-bond donors (Lipinski definition) is 0. The van der Waals surface area contributed by atoms with Crippen LogP contribution in [-0.4, -0.2) is 109 Å². The Morgan fingerprint density at radius 1 is 0.760 bits per heavy atom. The lowest BCUT2D eigenvalue weighted by Gasteiger charge is -2.38. The van der Waals surface area contributed by atoms with E-state index in [1.165, 1.54) is 0 Å². The Bertz CT molecular complexity index is 463. The van der Waals surface area contributed by atoms with Crippen LogP contribution in [0.4, 0.5) is 0 Å². The molecular formula is C18H32N4O3. The summed E-state index contributed by atoms with van der Waals surface area (Å²) in [5.41, 5.74) is 0. The van der Waals surface area contributed by atoms with Crippen molar-refractivity contribution in [1.29, 1.82) is 0 Å². The first-order valence-corrected chi connectivity index (χ1v) is 9.67. The normalized spacial score (nSPS) is 29.2. The number of likely N-dealkylation sites (tertiary alicyclic amines) is 1. The average molecular weight is 352 g/mol. The minimum Gasteiger partial charge on any atom is -0.372 e. The Kier molecular flexibility index (Phi) is 6.30. The molecule has 3 aliphatic heterocycles. The molecule has 0 aromatic heterocycles. The van der Waals surface area contributed by atoms with Gasteiger partial charge in [0.25, 0.3) is 0 Å². The van der Waals surface area contributed by atoms with Crippen LogP contribution < -0.4 is 0 Å². The molecule has 3 saturated heterocycles. The first kappa shape index (κ1) is 18.6. The van der Waals surface area contributed by atoms with E-state index in [2.05, 4.69) is 9.80 Å². The topological polar surface area (TPSA) is 56.3 Å². The van der Waals surface area contributed by atoms with E-state index in [9.17, 15) is 9.59 Å². The van der Waals surface area contributed by atoms with Gasteiger partial charge in [-0.05, 0) is 26.7 Å². The number of hydrogen-bond acceptors (Lipinski definition) is 5. The minimum absolute atomic E-state index is 0.112. The summed E-state index contributed by atoms with van der Waals surface area (Å²) in [6.07, 6.45) is 2.50. The van der Waals surface area contributed by atoms with Gasteiger partial charge in [-0.3, -0.25) is 19.4 Å². The van der Waals surface area contributed by atoms with E-state index in [-0.39, 0.29) is 24.0 Å². The van der Waals surface area contributed by atoms with Crippen molar-refractivity contribution < 1.29 is 14.3 Å². The van der Waals surface area contributed by atoms with Crippen molar-refractivity contribution in [1.82, 2.24) is 19.6 Å². The first-order chi connectivity index (χ1) is 12.0. The Balaban J connectivity index is 1.38.